The van der Waals surface area contributed by atoms with Gasteiger partial charge in [0.2, 0.25) is 0 Å². The number of likely N-dealkylation sites (N-methyl/N-ethyl adjacent to an activating group) is 1. The van der Waals surface area contributed by atoms with E-state index in [0.717, 1.165) is 6.54 Å². The Kier molecular flexibility index (Phi) is 8.25. The number of hydrogen-bond acceptors (Lipinski definition) is 5. The van der Waals surface area contributed by atoms with Gasteiger partial charge in [-0.15, -0.1) is 0 Å². The highest BCUT2D eigenvalue weighted by Gasteiger charge is 2.28. The molecule has 0 radical (unpaired) electrons. The quantitative estimate of drug-likeness (QED) is 0.553. The molecule has 0 bridgehead atoms. The van der Waals surface area contributed by atoms with Crippen molar-refractivity contribution in [1.29, 1.82) is 0 Å². The van der Waals surface area contributed by atoms with Gasteiger partial charge in [-0.05, 0) is 43.1 Å². The molecule has 1 aliphatic rings. The van der Waals surface area contributed by atoms with Gasteiger partial charge in [0.1, 0.15) is 6.61 Å². The topological polar surface area (TPSA) is 68.8 Å². The Morgan fingerprint density at radius 3 is 2.00 bits per heavy atom. The monoisotopic (exact) mass is 412 g/mol. The lowest BCUT2D eigenvalue weighted by Gasteiger charge is -2.21. The molecule has 2 aromatic rings. The summed E-state index contributed by atoms with van der Waals surface area (Å²) in [5.74, 6) is 0.0648. The summed E-state index contributed by atoms with van der Waals surface area (Å²) >= 11 is 0. The molecule has 2 N–H and O–H groups in total. The number of hydrogen-bond donors (Lipinski definition) is 2. The number of fused-ring (bicyclic) bond motifs is 3. The van der Waals surface area contributed by atoms with Crippen molar-refractivity contribution < 1.29 is 19.0 Å². The van der Waals surface area contributed by atoms with Crippen LogP contribution in [0.25, 0.3) is 11.1 Å². The summed E-state index contributed by atoms with van der Waals surface area (Å²) in [5, 5.41) is 5.81. The summed E-state index contributed by atoms with van der Waals surface area (Å²) in [6.45, 7) is 6.52. The minimum absolute atomic E-state index is 0.00666. The zero-order chi connectivity index (χ0) is 21.3. The second-order valence-electron chi connectivity index (χ2n) is 7.51. The van der Waals surface area contributed by atoms with Gasteiger partial charge in [0.15, 0.2) is 0 Å². The van der Waals surface area contributed by atoms with Crippen molar-refractivity contribution in [2.45, 2.75) is 32.0 Å². The first kappa shape index (κ1) is 22.3. The van der Waals surface area contributed by atoms with Crippen LogP contribution in [0.4, 0.5) is 4.79 Å². The zero-order valence-electron chi connectivity index (χ0n) is 18.0. The van der Waals surface area contributed by atoms with Crippen LogP contribution in [0.2, 0.25) is 0 Å². The van der Waals surface area contributed by atoms with E-state index in [1.807, 2.05) is 45.2 Å². The van der Waals surface area contributed by atoms with Crippen molar-refractivity contribution in [2.75, 3.05) is 40.0 Å². The lowest BCUT2D eigenvalue weighted by atomic mass is 9.98. The maximum Gasteiger partial charge on any atom is 0.407 e. The first-order valence-electron chi connectivity index (χ1n) is 10.6. The Morgan fingerprint density at radius 1 is 0.900 bits per heavy atom. The molecule has 0 aliphatic heterocycles. The maximum absolute atomic E-state index is 12.2. The minimum Gasteiger partial charge on any atom is -0.449 e. The smallest absolute Gasteiger partial charge is 0.407 e. The number of amides is 1. The normalized spacial score (nSPS) is 14.6. The molecule has 0 aromatic heterocycles. The summed E-state index contributed by atoms with van der Waals surface area (Å²) in [5.41, 5.74) is 4.85. The van der Waals surface area contributed by atoms with Gasteiger partial charge in [-0.3, -0.25) is 0 Å². The van der Waals surface area contributed by atoms with Crippen molar-refractivity contribution in [2.24, 2.45) is 0 Å². The van der Waals surface area contributed by atoms with Crippen molar-refractivity contribution >= 4 is 6.09 Å². The Hall–Kier alpha value is -2.41. The van der Waals surface area contributed by atoms with Crippen LogP contribution >= 0.6 is 0 Å². The number of carbonyl (C=O) groups is 1. The standard InChI is InChI=1S/C24H32N2O4/c1-17(28-14-12-25-3)18(2)29-15-13-26-24(27)30-16-23-21-10-6-4-8-19(21)20-9-5-7-11-22(20)23/h4-11,17-18,23,25H,12-16H2,1-3H3,(H,26,27). The molecule has 0 fully saturated rings. The van der Waals surface area contributed by atoms with E-state index >= 15 is 0 Å². The van der Waals surface area contributed by atoms with E-state index in [2.05, 4.69) is 34.9 Å². The summed E-state index contributed by atoms with van der Waals surface area (Å²) in [4.78, 5) is 12.2. The number of benzene rings is 2. The minimum atomic E-state index is -0.425. The molecule has 2 aromatic carbocycles. The van der Waals surface area contributed by atoms with Crippen LogP contribution in [0, 0.1) is 0 Å². The van der Waals surface area contributed by atoms with E-state index in [0.29, 0.717) is 26.4 Å². The van der Waals surface area contributed by atoms with Gasteiger partial charge in [0, 0.05) is 19.0 Å². The third-order valence-electron chi connectivity index (χ3n) is 5.49. The number of carbonyl (C=O) groups excluding carboxylic acids is 1. The second kappa shape index (κ2) is 11.1. The molecule has 2 atom stereocenters. The highest BCUT2D eigenvalue weighted by Crippen LogP contribution is 2.44. The van der Waals surface area contributed by atoms with E-state index in [4.69, 9.17) is 14.2 Å². The maximum atomic E-state index is 12.2. The van der Waals surface area contributed by atoms with E-state index in [9.17, 15) is 4.79 Å². The first-order chi connectivity index (χ1) is 14.6. The predicted octanol–water partition coefficient (Wildman–Crippen LogP) is 3.55. The van der Waals surface area contributed by atoms with Crippen LogP contribution in [-0.4, -0.2) is 58.3 Å². The van der Waals surface area contributed by atoms with Crippen LogP contribution in [0.5, 0.6) is 0 Å². The Labute approximate surface area is 178 Å². The highest BCUT2D eigenvalue weighted by atomic mass is 16.6. The predicted molar refractivity (Wildman–Crippen MR) is 118 cm³/mol. The van der Waals surface area contributed by atoms with Crippen LogP contribution < -0.4 is 10.6 Å². The average Bonchev–Trinajstić information content (AvgIpc) is 3.09. The Balaban J connectivity index is 1.40. The lowest BCUT2D eigenvalue weighted by molar-refractivity contribution is -0.0537. The third-order valence-corrected chi connectivity index (χ3v) is 5.49. The van der Waals surface area contributed by atoms with Gasteiger partial charge >= 0.3 is 6.09 Å². The SMILES string of the molecule is CNCCOC(C)C(C)OCCNC(=O)OCC1c2ccccc2-c2ccccc21. The molecule has 0 heterocycles. The van der Waals surface area contributed by atoms with Crippen LogP contribution in [0.15, 0.2) is 48.5 Å². The summed E-state index contributed by atoms with van der Waals surface area (Å²) < 4.78 is 16.9. The summed E-state index contributed by atoms with van der Waals surface area (Å²) in [6, 6.07) is 16.6. The molecular weight excluding hydrogens is 380 g/mol. The third kappa shape index (κ3) is 5.59. The van der Waals surface area contributed by atoms with Crippen LogP contribution in [0.3, 0.4) is 0 Å². The zero-order valence-corrected chi connectivity index (χ0v) is 18.0. The van der Waals surface area contributed by atoms with E-state index in [1.54, 1.807) is 0 Å². The van der Waals surface area contributed by atoms with Crippen molar-refractivity contribution in [3.8, 4) is 11.1 Å². The van der Waals surface area contributed by atoms with Crippen LogP contribution in [0.1, 0.15) is 30.9 Å². The van der Waals surface area contributed by atoms with E-state index < -0.39 is 6.09 Å². The second-order valence-corrected chi connectivity index (χ2v) is 7.51. The van der Waals surface area contributed by atoms with Gasteiger partial charge in [-0.1, -0.05) is 48.5 Å². The van der Waals surface area contributed by atoms with Crippen molar-refractivity contribution in [3.63, 3.8) is 0 Å². The molecule has 0 saturated carbocycles. The highest BCUT2D eigenvalue weighted by molar-refractivity contribution is 5.79. The number of ether oxygens (including phenoxy) is 3. The number of rotatable bonds is 11. The fourth-order valence-corrected chi connectivity index (χ4v) is 3.67. The summed E-state index contributed by atoms with van der Waals surface area (Å²) in [6.07, 6.45) is -0.481. The molecule has 0 saturated heterocycles. The number of alkyl carbamates (subject to hydrolysis) is 1. The molecule has 30 heavy (non-hydrogen) atoms. The fraction of sp³-hybridized carbons (Fsp3) is 0.458. The van der Waals surface area contributed by atoms with Crippen LogP contribution in [-0.2, 0) is 14.2 Å². The summed E-state index contributed by atoms with van der Waals surface area (Å²) in [7, 11) is 1.89. The first-order valence-corrected chi connectivity index (χ1v) is 10.6. The van der Waals surface area contributed by atoms with Crippen molar-refractivity contribution in [3.05, 3.63) is 59.7 Å². The van der Waals surface area contributed by atoms with Gasteiger partial charge < -0.3 is 24.8 Å². The molecule has 162 valence electrons. The van der Waals surface area contributed by atoms with Gasteiger partial charge in [-0.25, -0.2) is 4.79 Å². The molecule has 1 amide bonds. The molecular formula is C24H32N2O4. The van der Waals surface area contributed by atoms with E-state index in [-0.39, 0.29) is 18.1 Å². The van der Waals surface area contributed by atoms with Gasteiger partial charge in [0.25, 0.3) is 0 Å². The fourth-order valence-electron chi connectivity index (χ4n) is 3.67. The molecule has 6 heteroatoms. The van der Waals surface area contributed by atoms with Crippen molar-refractivity contribution in [1.82, 2.24) is 10.6 Å². The number of nitrogens with one attached hydrogen (secondary N) is 2. The van der Waals surface area contributed by atoms with E-state index in [1.165, 1.54) is 22.3 Å². The Bertz CT molecular complexity index is 781. The van der Waals surface area contributed by atoms with Gasteiger partial charge in [0.05, 0.1) is 25.4 Å². The average molecular weight is 413 g/mol. The van der Waals surface area contributed by atoms with Gasteiger partial charge in [-0.2, -0.15) is 0 Å². The molecule has 6 nitrogen and oxygen atoms in total. The lowest BCUT2D eigenvalue weighted by Crippen LogP contribution is -2.33. The Morgan fingerprint density at radius 2 is 1.43 bits per heavy atom. The molecule has 2 unspecified atom stereocenters. The molecule has 3 rings (SSSR count). The molecule has 0 spiro atoms. The largest absolute Gasteiger partial charge is 0.449 e. The molecule has 1 aliphatic carbocycles.